The molecule has 1 aromatic heterocycles. The van der Waals surface area contributed by atoms with Gasteiger partial charge in [0.15, 0.2) is 5.82 Å². The average Bonchev–Trinajstić information content (AvgIpc) is 3.12. The molecule has 0 spiro atoms. The SMILES string of the molecule is COc1ccc(CN2CCc3nnc([C@H](C)NC(=O)C4CCOCC4)n3CC2)c(C)c1C. The molecule has 8 heteroatoms. The summed E-state index contributed by atoms with van der Waals surface area (Å²) >= 11 is 0. The Bertz CT molecular complexity index is 951. The van der Waals surface area contributed by atoms with Gasteiger partial charge in [0, 0.05) is 51.7 Å². The monoisotopic (exact) mass is 441 g/mol. The topological polar surface area (TPSA) is 81.5 Å². The highest BCUT2D eigenvalue weighted by Crippen LogP contribution is 2.25. The molecule has 2 aromatic rings. The zero-order valence-corrected chi connectivity index (χ0v) is 19.7. The number of fused-ring (bicyclic) bond motifs is 1. The van der Waals surface area contributed by atoms with Crippen LogP contribution in [0.3, 0.4) is 0 Å². The summed E-state index contributed by atoms with van der Waals surface area (Å²) in [6.45, 7) is 11.2. The number of carbonyl (C=O) groups is 1. The molecule has 32 heavy (non-hydrogen) atoms. The Labute approximate surface area is 190 Å². The lowest BCUT2D eigenvalue weighted by atomic mass is 9.99. The second kappa shape index (κ2) is 10.0. The summed E-state index contributed by atoms with van der Waals surface area (Å²) in [6.07, 6.45) is 2.42. The van der Waals surface area contributed by atoms with E-state index in [4.69, 9.17) is 9.47 Å². The average molecular weight is 442 g/mol. The summed E-state index contributed by atoms with van der Waals surface area (Å²) in [4.78, 5) is 15.1. The van der Waals surface area contributed by atoms with E-state index in [0.29, 0.717) is 13.2 Å². The largest absolute Gasteiger partial charge is 0.496 e. The van der Waals surface area contributed by atoms with Crippen LogP contribution in [0.2, 0.25) is 0 Å². The van der Waals surface area contributed by atoms with E-state index in [-0.39, 0.29) is 17.9 Å². The molecule has 8 nitrogen and oxygen atoms in total. The van der Waals surface area contributed by atoms with Gasteiger partial charge in [0.2, 0.25) is 5.91 Å². The van der Waals surface area contributed by atoms with Gasteiger partial charge in [-0.05, 0) is 56.4 Å². The van der Waals surface area contributed by atoms with E-state index in [2.05, 4.69) is 51.0 Å². The van der Waals surface area contributed by atoms with Crippen LogP contribution in [0.4, 0.5) is 0 Å². The molecule has 1 amide bonds. The van der Waals surface area contributed by atoms with E-state index in [1.807, 2.05) is 6.92 Å². The fourth-order valence-electron chi connectivity index (χ4n) is 4.71. The number of amides is 1. The van der Waals surface area contributed by atoms with Gasteiger partial charge in [0.1, 0.15) is 11.6 Å². The summed E-state index contributed by atoms with van der Waals surface area (Å²) in [5.41, 5.74) is 3.82. The summed E-state index contributed by atoms with van der Waals surface area (Å²) in [7, 11) is 1.72. The molecule has 1 atom stereocenters. The molecule has 3 heterocycles. The number of aromatic nitrogens is 3. The van der Waals surface area contributed by atoms with Crippen molar-refractivity contribution in [1.29, 1.82) is 0 Å². The third-order valence-corrected chi connectivity index (χ3v) is 6.95. The van der Waals surface area contributed by atoms with Crippen molar-refractivity contribution in [3.05, 3.63) is 40.5 Å². The molecule has 1 saturated heterocycles. The number of methoxy groups -OCH3 is 1. The van der Waals surface area contributed by atoms with Gasteiger partial charge in [-0.2, -0.15) is 0 Å². The van der Waals surface area contributed by atoms with E-state index in [9.17, 15) is 4.79 Å². The Kier molecular flexibility index (Phi) is 7.10. The van der Waals surface area contributed by atoms with Crippen LogP contribution in [-0.2, 0) is 29.0 Å². The third kappa shape index (κ3) is 4.81. The molecule has 0 saturated carbocycles. The Hall–Kier alpha value is -2.45. The summed E-state index contributed by atoms with van der Waals surface area (Å²) < 4.78 is 13.0. The maximum Gasteiger partial charge on any atom is 0.223 e. The van der Waals surface area contributed by atoms with E-state index in [0.717, 1.165) is 62.8 Å². The molecular formula is C24H35N5O3. The van der Waals surface area contributed by atoms with Crippen LogP contribution in [-0.4, -0.2) is 59.0 Å². The number of nitrogens with zero attached hydrogens (tertiary/aromatic N) is 4. The second-order valence-electron chi connectivity index (χ2n) is 8.95. The first-order valence-electron chi connectivity index (χ1n) is 11.6. The first-order valence-corrected chi connectivity index (χ1v) is 11.6. The summed E-state index contributed by atoms with van der Waals surface area (Å²) in [5, 5.41) is 12.0. The van der Waals surface area contributed by atoms with Crippen LogP contribution in [0.1, 0.15) is 54.1 Å². The maximum absolute atomic E-state index is 12.7. The quantitative estimate of drug-likeness (QED) is 0.742. The molecule has 174 valence electrons. The lowest BCUT2D eigenvalue weighted by molar-refractivity contribution is -0.128. The van der Waals surface area contributed by atoms with Crippen LogP contribution < -0.4 is 10.1 Å². The number of benzene rings is 1. The molecule has 2 aliphatic rings. The van der Waals surface area contributed by atoms with E-state index in [1.165, 1.54) is 16.7 Å². The fraction of sp³-hybridized carbons (Fsp3) is 0.625. The standard InChI is InChI=1S/C24H35N5O3/c1-16-17(2)21(31-4)6-5-20(16)15-28-10-7-22-26-27-23(29(22)12-11-28)18(3)25-24(30)19-8-13-32-14-9-19/h5-6,18-19H,7-15H2,1-4H3,(H,25,30)/t18-/m0/s1. The molecule has 4 rings (SSSR count). The van der Waals surface area contributed by atoms with E-state index in [1.54, 1.807) is 7.11 Å². The number of carbonyl (C=O) groups excluding carboxylic acids is 1. The van der Waals surface area contributed by atoms with Gasteiger partial charge in [0.25, 0.3) is 0 Å². The molecule has 1 aromatic carbocycles. The Morgan fingerprint density at radius 3 is 2.72 bits per heavy atom. The number of ether oxygens (including phenoxy) is 2. The zero-order valence-electron chi connectivity index (χ0n) is 19.7. The first kappa shape index (κ1) is 22.7. The predicted octanol–water partition coefficient (Wildman–Crippen LogP) is 2.57. The van der Waals surface area contributed by atoms with Crippen LogP contribution in [0, 0.1) is 19.8 Å². The first-order chi connectivity index (χ1) is 15.5. The highest BCUT2D eigenvalue weighted by Gasteiger charge is 2.26. The molecule has 0 bridgehead atoms. The van der Waals surface area contributed by atoms with Gasteiger partial charge in [-0.3, -0.25) is 9.69 Å². The molecule has 1 N–H and O–H groups in total. The molecule has 0 unspecified atom stereocenters. The van der Waals surface area contributed by atoms with Crippen molar-refractivity contribution in [2.45, 2.75) is 59.2 Å². The molecule has 2 aliphatic heterocycles. The Morgan fingerprint density at radius 2 is 1.97 bits per heavy atom. The van der Waals surface area contributed by atoms with Crippen molar-refractivity contribution in [3.8, 4) is 5.75 Å². The van der Waals surface area contributed by atoms with Crippen molar-refractivity contribution in [1.82, 2.24) is 25.0 Å². The van der Waals surface area contributed by atoms with Crippen LogP contribution in [0.15, 0.2) is 12.1 Å². The number of hydrogen-bond acceptors (Lipinski definition) is 6. The van der Waals surface area contributed by atoms with Gasteiger partial charge < -0.3 is 19.4 Å². The van der Waals surface area contributed by atoms with E-state index < -0.39 is 0 Å². The fourth-order valence-corrected chi connectivity index (χ4v) is 4.71. The van der Waals surface area contributed by atoms with E-state index >= 15 is 0 Å². The molecular weight excluding hydrogens is 406 g/mol. The van der Waals surface area contributed by atoms with Crippen LogP contribution in [0.25, 0.3) is 0 Å². The van der Waals surface area contributed by atoms with Gasteiger partial charge in [-0.25, -0.2) is 0 Å². The summed E-state index contributed by atoms with van der Waals surface area (Å²) in [6, 6.07) is 4.07. The number of nitrogens with one attached hydrogen (secondary N) is 1. The van der Waals surface area contributed by atoms with Crippen LogP contribution in [0.5, 0.6) is 5.75 Å². The van der Waals surface area contributed by atoms with Gasteiger partial charge in [-0.15, -0.1) is 10.2 Å². The number of rotatable bonds is 6. The minimum atomic E-state index is -0.162. The lowest BCUT2D eigenvalue weighted by Crippen LogP contribution is -2.36. The Balaban J connectivity index is 1.40. The predicted molar refractivity (Wildman–Crippen MR) is 122 cm³/mol. The summed E-state index contributed by atoms with van der Waals surface area (Å²) in [5.74, 6) is 2.91. The van der Waals surface area contributed by atoms with Crippen molar-refractivity contribution in [2.24, 2.45) is 5.92 Å². The zero-order chi connectivity index (χ0) is 22.7. The molecule has 0 radical (unpaired) electrons. The van der Waals surface area contributed by atoms with Gasteiger partial charge in [0.05, 0.1) is 13.2 Å². The third-order valence-electron chi connectivity index (χ3n) is 6.95. The van der Waals surface area contributed by atoms with Crippen LogP contribution >= 0.6 is 0 Å². The minimum Gasteiger partial charge on any atom is -0.496 e. The smallest absolute Gasteiger partial charge is 0.223 e. The van der Waals surface area contributed by atoms with Gasteiger partial charge in [-0.1, -0.05) is 6.07 Å². The van der Waals surface area contributed by atoms with Crippen molar-refractivity contribution in [3.63, 3.8) is 0 Å². The van der Waals surface area contributed by atoms with Crippen molar-refractivity contribution < 1.29 is 14.3 Å². The second-order valence-corrected chi connectivity index (χ2v) is 8.95. The molecule has 1 fully saturated rings. The molecule has 0 aliphatic carbocycles. The highest BCUT2D eigenvalue weighted by molar-refractivity contribution is 5.79. The van der Waals surface area contributed by atoms with Crippen molar-refractivity contribution >= 4 is 5.91 Å². The minimum absolute atomic E-state index is 0.0319. The van der Waals surface area contributed by atoms with Crippen molar-refractivity contribution in [2.75, 3.05) is 33.4 Å². The highest BCUT2D eigenvalue weighted by atomic mass is 16.5. The lowest BCUT2D eigenvalue weighted by Gasteiger charge is -2.24. The number of hydrogen-bond donors (Lipinski definition) is 1. The Morgan fingerprint density at radius 1 is 1.19 bits per heavy atom. The maximum atomic E-state index is 12.7. The van der Waals surface area contributed by atoms with Gasteiger partial charge >= 0.3 is 0 Å². The normalized spacial score (nSPS) is 18.6.